The Morgan fingerprint density at radius 3 is 3.00 bits per heavy atom. The van der Waals surface area contributed by atoms with E-state index in [0.29, 0.717) is 28.0 Å². The summed E-state index contributed by atoms with van der Waals surface area (Å²) < 4.78 is 6.97. The number of imidazole rings is 1. The molecule has 3 heterocycles. The second kappa shape index (κ2) is 5.53. The van der Waals surface area contributed by atoms with Crippen molar-refractivity contribution in [2.75, 3.05) is 19.0 Å². The minimum Gasteiger partial charge on any atom is -0.461 e. The zero-order valence-electron chi connectivity index (χ0n) is 11.7. The van der Waals surface area contributed by atoms with Crippen molar-refractivity contribution in [3.05, 3.63) is 36.3 Å². The Kier molecular flexibility index (Phi) is 3.57. The second-order valence-corrected chi connectivity index (χ2v) is 5.26. The van der Waals surface area contributed by atoms with Gasteiger partial charge in [-0.15, -0.1) is 0 Å². The maximum absolute atomic E-state index is 12.0. The fourth-order valence-electron chi connectivity index (χ4n) is 1.98. The molecule has 108 valence electrons. The van der Waals surface area contributed by atoms with E-state index < -0.39 is 5.97 Å². The number of anilines is 1. The van der Waals surface area contributed by atoms with E-state index >= 15 is 0 Å². The molecule has 0 bridgehead atoms. The van der Waals surface area contributed by atoms with E-state index in [4.69, 9.17) is 4.74 Å². The molecule has 0 saturated carbocycles. The Morgan fingerprint density at radius 2 is 2.29 bits per heavy atom. The van der Waals surface area contributed by atoms with Crippen LogP contribution in [-0.4, -0.2) is 34.0 Å². The van der Waals surface area contributed by atoms with Crippen LogP contribution < -0.4 is 5.32 Å². The fraction of sp³-hybridized carbons (Fsp3) is 0.214. The summed E-state index contributed by atoms with van der Waals surface area (Å²) >= 11 is 1.38. The average Bonchev–Trinajstić information content (AvgIpc) is 3.11. The highest BCUT2D eigenvalue weighted by atomic mass is 32.1. The molecule has 0 aliphatic carbocycles. The molecule has 3 rings (SSSR count). The van der Waals surface area contributed by atoms with E-state index in [-0.39, 0.29) is 0 Å². The van der Waals surface area contributed by atoms with E-state index in [1.807, 2.05) is 35.0 Å². The van der Waals surface area contributed by atoms with E-state index in [1.54, 1.807) is 14.0 Å². The van der Waals surface area contributed by atoms with Gasteiger partial charge in [-0.1, -0.05) is 17.4 Å². The Labute approximate surface area is 125 Å². The number of fused-ring (bicyclic) bond motifs is 1. The van der Waals surface area contributed by atoms with Gasteiger partial charge < -0.3 is 14.5 Å². The summed E-state index contributed by atoms with van der Waals surface area (Å²) in [5.41, 5.74) is 1.83. The molecule has 0 aromatic carbocycles. The largest absolute Gasteiger partial charge is 0.461 e. The van der Waals surface area contributed by atoms with Gasteiger partial charge in [-0.25, -0.2) is 14.8 Å². The molecule has 0 spiro atoms. The first kappa shape index (κ1) is 13.6. The molecule has 0 atom stereocenters. The molecule has 0 aliphatic rings. The van der Waals surface area contributed by atoms with Crippen LogP contribution in [0.5, 0.6) is 0 Å². The highest BCUT2D eigenvalue weighted by Gasteiger charge is 2.22. The molecule has 3 aromatic rings. The molecule has 7 heteroatoms. The number of aromatic nitrogens is 3. The third kappa shape index (κ3) is 2.47. The summed E-state index contributed by atoms with van der Waals surface area (Å²) in [6.07, 6.45) is 3.79. The number of hydrogen-bond acceptors (Lipinski definition) is 6. The molecule has 0 amide bonds. The summed E-state index contributed by atoms with van der Waals surface area (Å²) in [5.74, 6) is -0.428. The van der Waals surface area contributed by atoms with Gasteiger partial charge in [0.1, 0.15) is 11.3 Å². The number of thiazole rings is 1. The lowest BCUT2D eigenvalue weighted by Gasteiger charge is -1.99. The molecule has 1 N–H and O–H groups in total. The highest BCUT2D eigenvalue weighted by molar-refractivity contribution is 7.19. The van der Waals surface area contributed by atoms with Gasteiger partial charge in [0, 0.05) is 19.4 Å². The lowest BCUT2D eigenvalue weighted by atomic mass is 10.3. The van der Waals surface area contributed by atoms with Crippen LogP contribution >= 0.6 is 11.3 Å². The number of esters is 1. The molecule has 6 nitrogen and oxygen atoms in total. The van der Waals surface area contributed by atoms with Crippen molar-refractivity contribution in [1.82, 2.24) is 14.4 Å². The van der Waals surface area contributed by atoms with Crippen LogP contribution in [0, 0.1) is 0 Å². The van der Waals surface area contributed by atoms with Crippen molar-refractivity contribution in [3.8, 4) is 10.6 Å². The van der Waals surface area contributed by atoms with Gasteiger partial charge in [0.2, 0.25) is 0 Å². The van der Waals surface area contributed by atoms with Crippen LogP contribution in [0.15, 0.2) is 30.6 Å². The normalized spacial score (nSPS) is 10.8. The highest BCUT2D eigenvalue weighted by Crippen LogP contribution is 2.33. The van der Waals surface area contributed by atoms with Crippen molar-refractivity contribution in [2.45, 2.75) is 6.92 Å². The first-order chi connectivity index (χ1) is 10.2. The monoisotopic (exact) mass is 302 g/mol. The third-order valence-electron chi connectivity index (χ3n) is 2.91. The van der Waals surface area contributed by atoms with Crippen molar-refractivity contribution in [2.24, 2.45) is 0 Å². The van der Waals surface area contributed by atoms with E-state index in [0.717, 1.165) is 5.65 Å². The Balaban J connectivity index is 2.11. The van der Waals surface area contributed by atoms with Crippen LogP contribution in [0.4, 0.5) is 5.13 Å². The standard InChI is InChI=1S/C14H14N4O2S/c1-3-20-13(19)11-12(21-14(15-2)17-11)9-8-18-7-5-4-6-10(18)16-9/h4-8H,3H2,1-2H3,(H,15,17). The van der Waals surface area contributed by atoms with Crippen LogP contribution in [0.2, 0.25) is 0 Å². The smallest absolute Gasteiger partial charge is 0.358 e. The van der Waals surface area contributed by atoms with Crippen molar-refractivity contribution >= 4 is 28.1 Å². The van der Waals surface area contributed by atoms with Crippen molar-refractivity contribution in [1.29, 1.82) is 0 Å². The van der Waals surface area contributed by atoms with Crippen molar-refractivity contribution in [3.63, 3.8) is 0 Å². The Hall–Kier alpha value is -2.41. The summed E-state index contributed by atoms with van der Waals surface area (Å²) in [6, 6.07) is 5.76. The predicted molar refractivity (Wildman–Crippen MR) is 81.8 cm³/mol. The molecule has 0 radical (unpaired) electrons. The molecule has 21 heavy (non-hydrogen) atoms. The second-order valence-electron chi connectivity index (χ2n) is 4.26. The van der Waals surface area contributed by atoms with E-state index in [2.05, 4.69) is 15.3 Å². The fourth-order valence-corrected chi connectivity index (χ4v) is 2.84. The number of carbonyl (C=O) groups is 1. The summed E-state index contributed by atoms with van der Waals surface area (Å²) in [4.78, 5) is 21.6. The topological polar surface area (TPSA) is 68.5 Å². The zero-order valence-corrected chi connectivity index (χ0v) is 12.5. The van der Waals surface area contributed by atoms with Crippen LogP contribution in [0.3, 0.4) is 0 Å². The molecular formula is C14H14N4O2S. The quantitative estimate of drug-likeness (QED) is 0.750. The van der Waals surface area contributed by atoms with Crippen LogP contribution in [0.25, 0.3) is 16.2 Å². The lowest BCUT2D eigenvalue weighted by molar-refractivity contribution is 0.0521. The van der Waals surface area contributed by atoms with Gasteiger partial charge in [-0.05, 0) is 19.1 Å². The molecule has 3 aromatic heterocycles. The number of hydrogen-bond donors (Lipinski definition) is 1. The molecule has 0 fully saturated rings. The zero-order chi connectivity index (χ0) is 14.8. The number of nitrogens with zero attached hydrogens (tertiary/aromatic N) is 3. The van der Waals surface area contributed by atoms with E-state index in [1.165, 1.54) is 11.3 Å². The van der Waals surface area contributed by atoms with E-state index in [9.17, 15) is 4.79 Å². The Morgan fingerprint density at radius 1 is 1.43 bits per heavy atom. The van der Waals surface area contributed by atoms with Crippen molar-refractivity contribution < 1.29 is 9.53 Å². The summed E-state index contributed by atoms with van der Waals surface area (Å²) in [6.45, 7) is 2.09. The predicted octanol–water partition coefficient (Wildman–Crippen LogP) is 2.68. The van der Waals surface area contributed by atoms with Gasteiger partial charge in [0.25, 0.3) is 0 Å². The summed E-state index contributed by atoms with van der Waals surface area (Å²) in [5, 5.41) is 3.61. The molecule has 0 unspecified atom stereocenters. The SMILES string of the molecule is CCOC(=O)c1nc(NC)sc1-c1cn2ccccc2n1. The van der Waals surface area contributed by atoms with Crippen LogP contribution in [-0.2, 0) is 4.74 Å². The maximum Gasteiger partial charge on any atom is 0.358 e. The Bertz CT molecular complexity index is 760. The number of pyridine rings is 1. The van der Waals surface area contributed by atoms with Gasteiger partial charge in [0.05, 0.1) is 11.5 Å². The summed E-state index contributed by atoms with van der Waals surface area (Å²) in [7, 11) is 1.77. The minimum absolute atomic E-state index is 0.301. The molecular weight excluding hydrogens is 288 g/mol. The minimum atomic E-state index is -0.428. The average molecular weight is 302 g/mol. The van der Waals surface area contributed by atoms with Gasteiger partial charge in [-0.3, -0.25) is 0 Å². The number of rotatable bonds is 4. The number of nitrogens with one attached hydrogen (secondary N) is 1. The molecule has 0 aliphatic heterocycles. The van der Waals surface area contributed by atoms with Gasteiger partial charge >= 0.3 is 5.97 Å². The van der Waals surface area contributed by atoms with Gasteiger partial charge in [-0.2, -0.15) is 0 Å². The number of carbonyl (C=O) groups excluding carboxylic acids is 1. The maximum atomic E-state index is 12.0. The van der Waals surface area contributed by atoms with Crippen LogP contribution in [0.1, 0.15) is 17.4 Å². The lowest BCUT2D eigenvalue weighted by Crippen LogP contribution is -2.06. The molecule has 0 saturated heterocycles. The first-order valence-electron chi connectivity index (χ1n) is 6.52. The first-order valence-corrected chi connectivity index (χ1v) is 7.34. The third-order valence-corrected chi connectivity index (χ3v) is 4.00. The number of ether oxygens (including phenoxy) is 1. The van der Waals surface area contributed by atoms with Gasteiger partial charge in [0.15, 0.2) is 10.8 Å².